The fraction of sp³-hybridized carbons (Fsp3) is 1.00. The highest BCUT2D eigenvalue weighted by Crippen LogP contribution is 2.14. The van der Waals surface area contributed by atoms with Crippen molar-refractivity contribution in [2.75, 3.05) is 19.8 Å². The summed E-state index contributed by atoms with van der Waals surface area (Å²) in [4.78, 5) is 8.42. The number of ether oxygens (including phenoxy) is 1. The number of rotatable bonds is 13. The molecule has 1 unspecified atom stereocenters. The summed E-state index contributed by atoms with van der Waals surface area (Å²) in [5, 5.41) is 0. The van der Waals surface area contributed by atoms with Crippen LogP contribution in [0, 0.1) is 5.92 Å². The molecule has 0 saturated carbocycles. The van der Waals surface area contributed by atoms with Crippen molar-refractivity contribution in [3.63, 3.8) is 0 Å². The molecule has 0 fully saturated rings. The van der Waals surface area contributed by atoms with Crippen LogP contribution in [0.1, 0.15) is 58.8 Å². The molecule has 0 bridgehead atoms. The van der Waals surface area contributed by atoms with E-state index < -0.39 is 8.25 Å². The highest BCUT2D eigenvalue weighted by atomic mass is 31.1. The minimum atomic E-state index is -2.74. The van der Waals surface area contributed by atoms with E-state index in [0.717, 1.165) is 38.4 Å². The Morgan fingerprint density at radius 2 is 1.47 bits per heavy atom. The van der Waals surface area contributed by atoms with Crippen molar-refractivity contribution < 1.29 is 18.7 Å². The van der Waals surface area contributed by atoms with Crippen LogP contribution in [-0.2, 0) is 13.8 Å². The lowest BCUT2D eigenvalue weighted by Gasteiger charge is -2.05. The quantitative estimate of drug-likeness (QED) is 0.397. The van der Waals surface area contributed by atoms with E-state index in [2.05, 4.69) is 18.4 Å². The standard InChI is InChI=1S/C13H29O4P.H3N/c1-13(2)9-5-3-4-6-10-16-11-7-8-12-17-18(14)15;/h13,18H,3-12H2,1-2H3,(H,14,15);1H3. The third kappa shape index (κ3) is 20.5. The number of hydrogen-bond donors (Lipinski definition) is 2. The lowest BCUT2D eigenvalue weighted by molar-refractivity contribution is 0.122. The van der Waals surface area contributed by atoms with Crippen LogP contribution >= 0.6 is 8.25 Å². The van der Waals surface area contributed by atoms with E-state index in [1.54, 1.807) is 0 Å². The largest absolute Gasteiger partial charge is 0.381 e. The van der Waals surface area contributed by atoms with Crippen molar-refractivity contribution in [1.29, 1.82) is 0 Å². The number of hydrogen-bond acceptors (Lipinski definition) is 4. The Hall–Kier alpha value is 0.0700. The van der Waals surface area contributed by atoms with E-state index in [1.165, 1.54) is 25.7 Å². The SMILES string of the molecule is CC(C)CCCCCCOCCCCO[PH](=O)O.N. The van der Waals surface area contributed by atoms with Gasteiger partial charge in [-0.15, -0.1) is 0 Å². The molecule has 0 amide bonds. The van der Waals surface area contributed by atoms with Crippen LogP contribution in [0.4, 0.5) is 0 Å². The molecule has 0 radical (unpaired) electrons. The van der Waals surface area contributed by atoms with Crippen molar-refractivity contribution in [3.05, 3.63) is 0 Å². The van der Waals surface area contributed by atoms with Crippen LogP contribution in [0.2, 0.25) is 0 Å². The maximum atomic E-state index is 10.2. The van der Waals surface area contributed by atoms with Crippen molar-refractivity contribution in [1.82, 2.24) is 6.15 Å². The minimum Gasteiger partial charge on any atom is -0.381 e. The van der Waals surface area contributed by atoms with Gasteiger partial charge in [0, 0.05) is 13.2 Å². The Balaban J connectivity index is 0. The zero-order valence-electron chi connectivity index (χ0n) is 12.5. The molecule has 0 aromatic rings. The van der Waals surface area contributed by atoms with Crippen LogP contribution in [0.15, 0.2) is 0 Å². The summed E-state index contributed by atoms with van der Waals surface area (Å²) in [6.07, 6.45) is 8.03. The molecule has 4 N–H and O–H groups in total. The first kappa shape index (κ1) is 21.4. The molecule has 0 aliphatic rings. The van der Waals surface area contributed by atoms with E-state index in [9.17, 15) is 4.57 Å². The first-order chi connectivity index (χ1) is 8.63. The van der Waals surface area contributed by atoms with Gasteiger partial charge in [0.05, 0.1) is 6.61 Å². The van der Waals surface area contributed by atoms with Gasteiger partial charge in [0.1, 0.15) is 0 Å². The molecule has 0 aliphatic carbocycles. The predicted molar refractivity (Wildman–Crippen MR) is 80.2 cm³/mol. The molecule has 0 spiro atoms. The molecule has 0 saturated heterocycles. The maximum absolute atomic E-state index is 10.2. The monoisotopic (exact) mass is 297 g/mol. The molecule has 0 rings (SSSR count). The van der Waals surface area contributed by atoms with E-state index in [-0.39, 0.29) is 6.15 Å². The average Bonchev–Trinajstić information content (AvgIpc) is 2.29. The zero-order valence-corrected chi connectivity index (χ0v) is 13.5. The van der Waals surface area contributed by atoms with Crippen molar-refractivity contribution in [3.8, 4) is 0 Å². The molecule has 0 aromatic heterocycles. The Morgan fingerprint density at radius 3 is 2.05 bits per heavy atom. The summed E-state index contributed by atoms with van der Waals surface area (Å²) in [5.74, 6) is 0.818. The smallest absolute Gasteiger partial charge is 0.316 e. The summed E-state index contributed by atoms with van der Waals surface area (Å²) >= 11 is 0. The fourth-order valence-electron chi connectivity index (χ4n) is 1.68. The normalized spacial score (nSPS) is 12.4. The molecule has 6 heteroatoms. The van der Waals surface area contributed by atoms with Crippen LogP contribution in [-0.4, -0.2) is 24.7 Å². The molecule has 0 aromatic carbocycles. The second kappa shape index (κ2) is 16.1. The van der Waals surface area contributed by atoms with Crippen molar-refractivity contribution >= 4 is 8.25 Å². The van der Waals surface area contributed by atoms with Gasteiger partial charge < -0.3 is 20.3 Å². The zero-order chi connectivity index (χ0) is 13.6. The Bertz CT molecular complexity index is 203. The van der Waals surface area contributed by atoms with E-state index >= 15 is 0 Å². The lowest BCUT2D eigenvalue weighted by Crippen LogP contribution is -1.99. The van der Waals surface area contributed by atoms with Crippen molar-refractivity contribution in [2.24, 2.45) is 5.92 Å². The molecule has 118 valence electrons. The fourth-order valence-corrected chi connectivity index (χ4v) is 2.00. The van der Waals surface area contributed by atoms with Crippen molar-refractivity contribution in [2.45, 2.75) is 58.8 Å². The molecular formula is C13H32NO4P. The van der Waals surface area contributed by atoms with E-state index in [4.69, 9.17) is 9.63 Å². The third-order valence-corrected chi connectivity index (χ3v) is 3.18. The molecule has 5 nitrogen and oxygen atoms in total. The van der Waals surface area contributed by atoms with Gasteiger partial charge in [-0.1, -0.05) is 39.5 Å². The molecule has 1 atom stereocenters. The van der Waals surface area contributed by atoms with Gasteiger partial charge >= 0.3 is 8.25 Å². The first-order valence-corrected chi connectivity index (χ1v) is 8.32. The van der Waals surface area contributed by atoms with Gasteiger partial charge in [-0.05, 0) is 25.2 Å². The van der Waals surface area contributed by atoms with Gasteiger partial charge in [-0.3, -0.25) is 4.57 Å². The third-order valence-electron chi connectivity index (χ3n) is 2.73. The maximum Gasteiger partial charge on any atom is 0.316 e. The Kier molecular flexibility index (Phi) is 18.1. The van der Waals surface area contributed by atoms with Gasteiger partial charge in [0.25, 0.3) is 0 Å². The van der Waals surface area contributed by atoms with Gasteiger partial charge in [0.15, 0.2) is 0 Å². The Morgan fingerprint density at radius 1 is 0.947 bits per heavy atom. The van der Waals surface area contributed by atoms with E-state index in [1.807, 2.05) is 0 Å². The summed E-state index contributed by atoms with van der Waals surface area (Å²) < 4.78 is 20.3. The lowest BCUT2D eigenvalue weighted by atomic mass is 10.0. The summed E-state index contributed by atoms with van der Waals surface area (Å²) in [7, 11) is -2.74. The summed E-state index contributed by atoms with van der Waals surface area (Å²) in [6, 6.07) is 0. The van der Waals surface area contributed by atoms with Crippen LogP contribution in [0.3, 0.4) is 0 Å². The minimum absolute atomic E-state index is 0. The van der Waals surface area contributed by atoms with Gasteiger partial charge in [0.2, 0.25) is 0 Å². The van der Waals surface area contributed by atoms with Crippen LogP contribution in [0.5, 0.6) is 0 Å². The van der Waals surface area contributed by atoms with Crippen LogP contribution < -0.4 is 6.15 Å². The highest BCUT2D eigenvalue weighted by molar-refractivity contribution is 7.32. The number of unbranched alkanes of at least 4 members (excludes halogenated alkanes) is 4. The molecule has 0 aliphatic heterocycles. The molecule has 19 heavy (non-hydrogen) atoms. The molecule has 0 heterocycles. The van der Waals surface area contributed by atoms with Gasteiger partial charge in [-0.25, -0.2) is 0 Å². The van der Waals surface area contributed by atoms with E-state index in [0.29, 0.717) is 6.61 Å². The Labute approximate surface area is 118 Å². The summed E-state index contributed by atoms with van der Waals surface area (Å²) in [5.41, 5.74) is 0. The average molecular weight is 297 g/mol. The molecular weight excluding hydrogens is 265 g/mol. The van der Waals surface area contributed by atoms with Crippen LogP contribution in [0.25, 0.3) is 0 Å². The first-order valence-electron chi connectivity index (χ1n) is 7.06. The predicted octanol–water partition coefficient (Wildman–Crippen LogP) is 3.95. The topological polar surface area (TPSA) is 90.8 Å². The second-order valence-corrected chi connectivity index (χ2v) is 5.85. The summed E-state index contributed by atoms with van der Waals surface area (Å²) in [6.45, 7) is 6.44. The second-order valence-electron chi connectivity index (χ2n) is 5.03. The van der Waals surface area contributed by atoms with Gasteiger partial charge in [-0.2, -0.15) is 0 Å². The highest BCUT2D eigenvalue weighted by Gasteiger charge is 1.96.